The fourth-order valence-electron chi connectivity index (χ4n) is 1.60. The standard InChI is InChI=1S/C12H12ClN5O3/c1-14-12-15-6-9(18(19)20)11(17-12)16-7-3-4-10(21-2)8(13)5-7/h3-6H,1-2H3,(H2,14,15,16,17). The number of ether oxygens (including phenoxy) is 1. The van der Waals surface area contributed by atoms with Crippen molar-refractivity contribution in [2.75, 3.05) is 24.8 Å². The van der Waals surface area contributed by atoms with E-state index in [1.54, 1.807) is 25.2 Å². The van der Waals surface area contributed by atoms with Gasteiger partial charge in [0.05, 0.1) is 17.1 Å². The number of halogens is 1. The molecule has 1 aromatic heterocycles. The largest absolute Gasteiger partial charge is 0.495 e. The number of hydrogen-bond donors (Lipinski definition) is 2. The van der Waals surface area contributed by atoms with Crippen LogP contribution in [0.1, 0.15) is 0 Å². The lowest BCUT2D eigenvalue weighted by Gasteiger charge is -2.09. The lowest BCUT2D eigenvalue weighted by atomic mass is 10.3. The Kier molecular flexibility index (Phi) is 4.39. The average molecular weight is 310 g/mol. The molecule has 0 bridgehead atoms. The molecule has 1 aromatic carbocycles. The lowest BCUT2D eigenvalue weighted by molar-refractivity contribution is -0.384. The highest BCUT2D eigenvalue weighted by atomic mass is 35.5. The van der Waals surface area contributed by atoms with E-state index in [1.165, 1.54) is 7.11 Å². The van der Waals surface area contributed by atoms with Gasteiger partial charge in [0.15, 0.2) is 0 Å². The first kappa shape index (κ1) is 14.8. The fraction of sp³-hybridized carbons (Fsp3) is 0.167. The molecule has 0 spiro atoms. The van der Waals surface area contributed by atoms with E-state index < -0.39 is 4.92 Å². The number of anilines is 3. The minimum atomic E-state index is -0.563. The quantitative estimate of drug-likeness (QED) is 0.646. The molecule has 0 aliphatic carbocycles. The molecule has 2 N–H and O–H groups in total. The van der Waals surface area contributed by atoms with E-state index in [-0.39, 0.29) is 17.5 Å². The molecular formula is C12H12ClN5O3. The molecule has 0 amide bonds. The third kappa shape index (κ3) is 3.29. The van der Waals surface area contributed by atoms with E-state index in [9.17, 15) is 10.1 Å². The summed E-state index contributed by atoms with van der Waals surface area (Å²) in [6.07, 6.45) is 1.13. The Labute approximate surface area is 125 Å². The van der Waals surface area contributed by atoms with Crippen molar-refractivity contribution in [1.82, 2.24) is 9.97 Å². The van der Waals surface area contributed by atoms with Crippen LogP contribution < -0.4 is 15.4 Å². The van der Waals surface area contributed by atoms with Crippen LogP contribution in [-0.4, -0.2) is 29.0 Å². The summed E-state index contributed by atoms with van der Waals surface area (Å²) in [6, 6.07) is 4.91. The summed E-state index contributed by atoms with van der Waals surface area (Å²) in [5.74, 6) is 0.846. The van der Waals surface area contributed by atoms with Crippen LogP contribution in [0.3, 0.4) is 0 Å². The van der Waals surface area contributed by atoms with E-state index in [1.807, 2.05) is 0 Å². The normalized spacial score (nSPS) is 10.0. The van der Waals surface area contributed by atoms with E-state index in [2.05, 4.69) is 20.6 Å². The highest BCUT2D eigenvalue weighted by molar-refractivity contribution is 6.32. The zero-order valence-electron chi connectivity index (χ0n) is 11.3. The van der Waals surface area contributed by atoms with E-state index in [0.29, 0.717) is 16.5 Å². The van der Waals surface area contributed by atoms with Gasteiger partial charge in [0.1, 0.15) is 11.9 Å². The van der Waals surface area contributed by atoms with Crippen LogP contribution in [0.25, 0.3) is 0 Å². The molecule has 110 valence electrons. The highest BCUT2D eigenvalue weighted by Crippen LogP contribution is 2.31. The molecule has 2 rings (SSSR count). The number of nitro groups is 1. The van der Waals surface area contributed by atoms with Crippen molar-refractivity contribution in [2.45, 2.75) is 0 Å². The molecular weight excluding hydrogens is 298 g/mol. The van der Waals surface area contributed by atoms with E-state index >= 15 is 0 Å². The topological polar surface area (TPSA) is 102 Å². The Morgan fingerprint density at radius 3 is 2.76 bits per heavy atom. The first-order valence-corrected chi connectivity index (χ1v) is 6.22. The van der Waals surface area contributed by atoms with Crippen LogP contribution in [0.2, 0.25) is 5.02 Å². The van der Waals surface area contributed by atoms with Crippen molar-refractivity contribution in [3.05, 3.63) is 39.5 Å². The fourth-order valence-corrected chi connectivity index (χ4v) is 1.86. The second-order valence-corrected chi connectivity index (χ2v) is 4.32. The van der Waals surface area contributed by atoms with Crippen LogP contribution in [-0.2, 0) is 0 Å². The van der Waals surface area contributed by atoms with Crippen molar-refractivity contribution < 1.29 is 9.66 Å². The number of nitrogens with zero attached hydrogens (tertiary/aromatic N) is 3. The zero-order valence-corrected chi connectivity index (χ0v) is 12.0. The number of nitrogens with one attached hydrogen (secondary N) is 2. The second-order valence-electron chi connectivity index (χ2n) is 3.91. The SMILES string of the molecule is CNc1ncc([N+](=O)[O-])c(Nc2ccc(OC)c(Cl)c2)n1. The Hall–Kier alpha value is -2.61. The monoisotopic (exact) mass is 309 g/mol. The second kappa shape index (κ2) is 6.23. The summed E-state index contributed by atoms with van der Waals surface area (Å²) >= 11 is 6.01. The first-order valence-electron chi connectivity index (χ1n) is 5.85. The van der Waals surface area contributed by atoms with Crippen molar-refractivity contribution in [3.8, 4) is 5.75 Å². The minimum absolute atomic E-state index is 0.0700. The summed E-state index contributed by atoms with van der Waals surface area (Å²) in [6.45, 7) is 0. The molecule has 0 radical (unpaired) electrons. The minimum Gasteiger partial charge on any atom is -0.495 e. The summed E-state index contributed by atoms with van der Waals surface area (Å²) in [5.41, 5.74) is 0.311. The third-order valence-electron chi connectivity index (χ3n) is 2.60. The van der Waals surface area contributed by atoms with Crippen LogP contribution in [0.5, 0.6) is 5.75 Å². The molecule has 0 atom stereocenters. The predicted octanol–water partition coefficient (Wildman–Crippen LogP) is 2.83. The van der Waals surface area contributed by atoms with E-state index in [4.69, 9.17) is 16.3 Å². The molecule has 0 saturated heterocycles. The predicted molar refractivity (Wildman–Crippen MR) is 79.5 cm³/mol. The van der Waals surface area contributed by atoms with Crippen molar-refractivity contribution in [3.63, 3.8) is 0 Å². The number of methoxy groups -OCH3 is 1. The van der Waals surface area contributed by atoms with Crippen LogP contribution in [0, 0.1) is 10.1 Å². The van der Waals surface area contributed by atoms with Crippen molar-refractivity contribution >= 4 is 34.7 Å². The van der Waals surface area contributed by atoms with Crippen LogP contribution in [0.4, 0.5) is 23.1 Å². The van der Waals surface area contributed by atoms with Gasteiger partial charge in [-0.05, 0) is 18.2 Å². The van der Waals surface area contributed by atoms with Gasteiger partial charge in [-0.25, -0.2) is 4.98 Å². The number of hydrogen-bond acceptors (Lipinski definition) is 7. The Morgan fingerprint density at radius 1 is 1.43 bits per heavy atom. The smallest absolute Gasteiger partial charge is 0.329 e. The molecule has 0 aliphatic rings. The average Bonchev–Trinajstić information content (AvgIpc) is 2.47. The molecule has 0 aliphatic heterocycles. The molecule has 2 aromatic rings. The number of rotatable bonds is 5. The molecule has 0 saturated carbocycles. The number of aromatic nitrogens is 2. The van der Waals surface area contributed by atoms with E-state index in [0.717, 1.165) is 6.20 Å². The van der Waals surface area contributed by atoms with Gasteiger partial charge in [-0.2, -0.15) is 4.98 Å². The molecule has 1 heterocycles. The Balaban J connectivity index is 2.37. The van der Waals surface area contributed by atoms with Gasteiger partial charge in [-0.3, -0.25) is 10.1 Å². The van der Waals surface area contributed by atoms with Crippen molar-refractivity contribution in [2.24, 2.45) is 0 Å². The Bertz CT molecular complexity index is 680. The van der Waals surface area contributed by atoms with Gasteiger partial charge in [0.25, 0.3) is 0 Å². The summed E-state index contributed by atoms with van der Waals surface area (Å²) in [5, 5.41) is 16.9. The zero-order chi connectivity index (χ0) is 15.4. The van der Waals surface area contributed by atoms with Crippen LogP contribution >= 0.6 is 11.6 Å². The lowest BCUT2D eigenvalue weighted by Crippen LogP contribution is -2.04. The van der Waals surface area contributed by atoms with Gasteiger partial charge in [-0.1, -0.05) is 11.6 Å². The molecule has 0 fully saturated rings. The highest BCUT2D eigenvalue weighted by Gasteiger charge is 2.17. The molecule has 8 nitrogen and oxygen atoms in total. The van der Waals surface area contributed by atoms with Crippen LogP contribution in [0.15, 0.2) is 24.4 Å². The first-order chi connectivity index (χ1) is 10.0. The van der Waals surface area contributed by atoms with Gasteiger partial charge in [0.2, 0.25) is 11.8 Å². The molecule has 21 heavy (non-hydrogen) atoms. The summed E-state index contributed by atoms with van der Waals surface area (Å²) in [4.78, 5) is 18.3. The Morgan fingerprint density at radius 2 is 2.19 bits per heavy atom. The van der Waals surface area contributed by atoms with Gasteiger partial charge < -0.3 is 15.4 Å². The summed E-state index contributed by atoms with van der Waals surface area (Å²) in [7, 11) is 3.12. The van der Waals surface area contributed by atoms with Gasteiger partial charge in [0, 0.05) is 12.7 Å². The van der Waals surface area contributed by atoms with Gasteiger partial charge in [-0.15, -0.1) is 0 Å². The maximum atomic E-state index is 11.0. The maximum absolute atomic E-state index is 11.0. The maximum Gasteiger partial charge on any atom is 0.329 e. The number of benzene rings is 1. The molecule has 9 heteroatoms. The third-order valence-corrected chi connectivity index (χ3v) is 2.90. The molecule has 0 unspecified atom stereocenters. The summed E-state index contributed by atoms with van der Waals surface area (Å²) < 4.78 is 5.05. The van der Waals surface area contributed by atoms with Crippen molar-refractivity contribution in [1.29, 1.82) is 0 Å². The van der Waals surface area contributed by atoms with Gasteiger partial charge >= 0.3 is 5.69 Å².